The number of hydrogen-bond donors (Lipinski definition) is 1. The molecular formula is C27H35FN4O4. The highest BCUT2D eigenvalue weighted by molar-refractivity contribution is 5.95. The van der Waals surface area contributed by atoms with Crippen molar-refractivity contribution in [1.82, 2.24) is 19.7 Å². The molecule has 0 saturated carbocycles. The molecule has 0 bridgehead atoms. The van der Waals surface area contributed by atoms with Crippen LogP contribution in [0.3, 0.4) is 0 Å². The highest BCUT2D eigenvalue weighted by Gasteiger charge is 2.30. The van der Waals surface area contributed by atoms with Crippen molar-refractivity contribution in [2.75, 3.05) is 26.2 Å². The van der Waals surface area contributed by atoms with Crippen LogP contribution in [0.25, 0.3) is 0 Å². The maximum absolute atomic E-state index is 14.0. The smallest absolute Gasteiger partial charge is 0.410 e. The number of amides is 3. The van der Waals surface area contributed by atoms with E-state index in [0.29, 0.717) is 44.7 Å². The number of rotatable bonds is 4. The Kier molecular flexibility index (Phi) is 7.66. The molecule has 1 N–H and O–H groups in total. The monoisotopic (exact) mass is 498 g/mol. The van der Waals surface area contributed by atoms with Crippen LogP contribution in [0, 0.1) is 5.82 Å². The van der Waals surface area contributed by atoms with Crippen molar-refractivity contribution < 1.29 is 23.5 Å². The average Bonchev–Trinajstić information content (AvgIpc) is 3.34. The van der Waals surface area contributed by atoms with Crippen molar-refractivity contribution >= 4 is 17.9 Å². The molecule has 0 spiro atoms. The molecule has 2 fully saturated rings. The second-order valence-electron chi connectivity index (χ2n) is 10.5. The number of aromatic nitrogens is 1. The van der Waals surface area contributed by atoms with E-state index in [0.717, 1.165) is 12.8 Å². The molecule has 0 atom stereocenters. The van der Waals surface area contributed by atoms with Crippen LogP contribution in [0.4, 0.5) is 9.18 Å². The number of nitrogens with zero attached hydrogens (tertiary/aromatic N) is 3. The van der Waals surface area contributed by atoms with Crippen LogP contribution in [0.15, 0.2) is 42.6 Å². The van der Waals surface area contributed by atoms with Gasteiger partial charge in [0.05, 0.1) is 5.56 Å². The summed E-state index contributed by atoms with van der Waals surface area (Å²) in [5, 5.41) is 3.11. The van der Waals surface area contributed by atoms with Crippen LogP contribution in [0.5, 0.6) is 0 Å². The molecule has 3 amide bonds. The fraction of sp³-hybridized carbons (Fsp3) is 0.519. The van der Waals surface area contributed by atoms with Crippen LogP contribution in [0.2, 0.25) is 0 Å². The predicted molar refractivity (Wildman–Crippen MR) is 133 cm³/mol. The largest absolute Gasteiger partial charge is 0.444 e. The Labute approximate surface area is 211 Å². The molecule has 3 heterocycles. The number of ether oxygens (including phenoxy) is 1. The van der Waals surface area contributed by atoms with Gasteiger partial charge in [-0.05, 0) is 70.7 Å². The second kappa shape index (κ2) is 10.7. The van der Waals surface area contributed by atoms with Crippen molar-refractivity contribution in [3.05, 3.63) is 59.7 Å². The fourth-order valence-corrected chi connectivity index (χ4v) is 4.85. The molecule has 2 aliphatic heterocycles. The lowest BCUT2D eigenvalue weighted by molar-refractivity contribution is 0.0187. The Hall–Kier alpha value is -3.36. The third kappa shape index (κ3) is 6.06. The van der Waals surface area contributed by atoms with E-state index in [1.165, 1.54) is 12.1 Å². The number of hydrogen-bond acceptors (Lipinski definition) is 4. The second-order valence-corrected chi connectivity index (χ2v) is 10.5. The molecule has 194 valence electrons. The van der Waals surface area contributed by atoms with Crippen LogP contribution < -0.4 is 5.32 Å². The Balaban J connectivity index is 1.29. The first-order valence-electron chi connectivity index (χ1n) is 12.6. The van der Waals surface area contributed by atoms with Gasteiger partial charge in [-0.2, -0.15) is 0 Å². The van der Waals surface area contributed by atoms with Crippen molar-refractivity contribution in [2.24, 2.45) is 0 Å². The fourth-order valence-electron chi connectivity index (χ4n) is 4.85. The highest BCUT2D eigenvalue weighted by Crippen LogP contribution is 2.26. The van der Waals surface area contributed by atoms with E-state index in [9.17, 15) is 18.8 Å². The molecule has 8 nitrogen and oxygen atoms in total. The summed E-state index contributed by atoms with van der Waals surface area (Å²) in [5.74, 6) is -0.978. The van der Waals surface area contributed by atoms with Crippen LogP contribution >= 0.6 is 0 Å². The van der Waals surface area contributed by atoms with E-state index >= 15 is 0 Å². The number of carbonyl (C=O) groups excluding carboxylic acids is 3. The van der Waals surface area contributed by atoms with Gasteiger partial charge in [-0.3, -0.25) is 9.59 Å². The van der Waals surface area contributed by atoms with Gasteiger partial charge in [0.15, 0.2) is 0 Å². The first-order chi connectivity index (χ1) is 17.1. The number of nitrogens with one attached hydrogen (secondary N) is 1. The standard InChI is InChI=1S/C27H35FN4O4/c1-27(2,3)36-26(35)31-17-12-20(13-18-31)32-14-6-9-23(32)24(33)29-19-10-15-30(16-11-19)25(34)21-7-4-5-8-22(21)28/h4-9,14,19-20H,10-13,15-18H2,1-3H3,(H,29,33). The minimum atomic E-state index is -0.527. The van der Waals surface area contributed by atoms with E-state index in [-0.39, 0.29) is 35.6 Å². The van der Waals surface area contributed by atoms with Crippen LogP contribution in [-0.2, 0) is 4.74 Å². The maximum atomic E-state index is 14.0. The summed E-state index contributed by atoms with van der Waals surface area (Å²) in [6.45, 7) is 7.64. The van der Waals surface area contributed by atoms with E-state index in [2.05, 4.69) is 5.32 Å². The van der Waals surface area contributed by atoms with Gasteiger partial charge in [-0.15, -0.1) is 0 Å². The average molecular weight is 499 g/mol. The topological polar surface area (TPSA) is 83.9 Å². The molecule has 0 radical (unpaired) electrons. The summed E-state index contributed by atoms with van der Waals surface area (Å²) >= 11 is 0. The molecule has 4 rings (SSSR count). The first-order valence-corrected chi connectivity index (χ1v) is 12.6. The summed E-state index contributed by atoms with van der Waals surface area (Å²) in [5.41, 5.74) is 0.145. The van der Waals surface area contributed by atoms with E-state index < -0.39 is 11.4 Å². The zero-order valence-corrected chi connectivity index (χ0v) is 21.2. The van der Waals surface area contributed by atoms with Crippen LogP contribution in [-0.4, -0.2) is 70.1 Å². The number of piperidine rings is 2. The number of carbonyl (C=O) groups is 3. The van der Waals surface area contributed by atoms with Crippen molar-refractivity contribution in [3.8, 4) is 0 Å². The molecular weight excluding hydrogens is 463 g/mol. The number of benzene rings is 1. The van der Waals surface area contributed by atoms with Gasteiger partial charge in [0, 0.05) is 44.5 Å². The lowest BCUT2D eigenvalue weighted by Gasteiger charge is -2.35. The Bertz CT molecular complexity index is 1090. The third-order valence-corrected chi connectivity index (χ3v) is 6.74. The molecule has 0 aliphatic carbocycles. The van der Waals surface area contributed by atoms with Gasteiger partial charge in [-0.1, -0.05) is 12.1 Å². The van der Waals surface area contributed by atoms with E-state index in [1.807, 2.05) is 43.7 Å². The molecule has 2 saturated heterocycles. The van der Waals surface area contributed by atoms with E-state index in [4.69, 9.17) is 4.74 Å². The van der Waals surface area contributed by atoms with Gasteiger partial charge in [0.25, 0.3) is 11.8 Å². The zero-order chi connectivity index (χ0) is 25.9. The highest BCUT2D eigenvalue weighted by atomic mass is 19.1. The molecule has 0 unspecified atom stereocenters. The lowest BCUT2D eigenvalue weighted by atomic mass is 10.0. The summed E-state index contributed by atoms with van der Waals surface area (Å²) < 4.78 is 21.5. The molecule has 1 aromatic carbocycles. The van der Waals surface area contributed by atoms with Crippen LogP contribution in [0.1, 0.15) is 73.3 Å². The molecule has 1 aromatic heterocycles. The summed E-state index contributed by atoms with van der Waals surface area (Å²) in [4.78, 5) is 41.5. The minimum absolute atomic E-state index is 0.0560. The normalized spacial score (nSPS) is 17.7. The minimum Gasteiger partial charge on any atom is -0.444 e. The number of halogens is 1. The lowest BCUT2D eigenvalue weighted by Crippen LogP contribution is -2.47. The van der Waals surface area contributed by atoms with Gasteiger partial charge < -0.3 is 24.4 Å². The van der Waals surface area contributed by atoms with E-state index in [1.54, 1.807) is 21.9 Å². The van der Waals surface area contributed by atoms with Crippen molar-refractivity contribution in [2.45, 2.75) is 64.1 Å². The third-order valence-electron chi connectivity index (χ3n) is 6.74. The Morgan fingerprint density at radius 1 is 0.917 bits per heavy atom. The van der Waals surface area contributed by atoms with Gasteiger partial charge >= 0.3 is 6.09 Å². The maximum Gasteiger partial charge on any atom is 0.410 e. The molecule has 2 aromatic rings. The summed E-state index contributed by atoms with van der Waals surface area (Å²) in [6, 6.07) is 9.75. The summed E-state index contributed by atoms with van der Waals surface area (Å²) in [7, 11) is 0. The first kappa shape index (κ1) is 25.7. The van der Waals surface area contributed by atoms with Crippen molar-refractivity contribution in [1.29, 1.82) is 0 Å². The molecule has 2 aliphatic rings. The molecule has 36 heavy (non-hydrogen) atoms. The zero-order valence-electron chi connectivity index (χ0n) is 21.2. The SMILES string of the molecule is CC(C)(C)OC(=O)N1CCC(n2cccc2C(=O)NC2CCN(C(=O)c3ccccc3F)CC2)CC1. The van der Waals surface area contributed by atoms with Crippen molar-refractivity contribution in [3.63, 3.8) is 0 Å². The van der Waals surface area contributed by atoms with Gasteiger partial charge in [-0.25, -0.2) is 9.18 Å². The number of likely N-dealkylation sites (tertiary alicyclic amines) is 2. The molecule has 9 heteroatoms. The Morgan fingerprint density at radius 2 is 1.56 bits per heavy atom. The quantitative estimate of drug-likeness (QED) is 0.684. The Morgan fingerprint density at radius 3 is 2.19 bits per heavy atom. The van der Waals surface area contributed by atoms with Gasteiger partial charge in [0.1, 0.15) is 17.1 Å². The predicted octanol–water partition coefficient (Wildman–Crippen LogP) is 4.23. The van der Waals surface area contributed by atoms with Gasteiger partial charge in [0.2, 0.25) is 0 Å². The summed E-state index contributed by atoms with van der Waals surface area (Å²) in [6.07, 6.45) is 4.32.